The predicted octanol–water partition coefficient (Wildman–Crippen LogP) is 6.51. The second kappa shape index (κ2) is 8.58. The fourth-order valence-corrected chi connectivity index (χ4v) is 4.94. The second-order valence-electron chi connectivity index (χ2n) is 7.95. The zero-order chi connectivity index (χ0) is 23.1. The molecule has 2 aromatic heterocycles. The first kappa shape index (κ1) is 21.6. The van der Waals surface area contributed by atoms with E-state index in [-0.39, 0.29) is 11.9 Å². The van der Waals surface area contributed by atoms with Gasteiger partial charge in [-0.05, 0) is 55.0 Å². The van der Waals surface area contributed by atoms with Crippen LogP contribution in [0.2, 0.25) is 10.0 Å². The third-order valence-corrected chi connectivity index (χ3v) is 6.30. The number of para-hydroxylation sites is 1. The SMILES string of the molecule is C=Cc1c(C(=O)N[C@H]2CCOc3ccccc32)ccc2c(-c3cc(Cl)cc(Cl)c3)c(C)nn12. The number of benzene rings is 2. The topological polar surface area (TPSA) is 55.6 Å². The second-order valence-corrected chi connectivity index (χ2v) is 8.83. The first-order valence-electron chi connectivity index (χ1n) is 10.6. The lowest BCUT2D eigenvalue weighted by molar-refractivity contribution is 0.0924. The number of rotatable bonds is 4. The van der Waals surface area contributed by atoms with Gasteiger partial charge in [-0.15, -0.1) is 0 Å². The Morgan fingerprint density at radius 2 is 1.94 bits per heavy atom. The molecule has 7 heteroatoms. The number of nitrogens with zero attached hydrogens (tertiary/aromatic N) is 2. The molecule has 0 aliphatic carbocycles. The molecule has 166 valence electrons. The largest absolute Gasteiger partial charge is 0.493 e. The summed E-state index contributed by atoms with van der Waals surface area (Å²) in [5, 5.41) is 8.96. The lowest BCUT2D eigenvalue weighted by Gasteiger charge is -2.26. The number of aryl methyl sites for hydroxylation is 1. The quantitative estimate of drug-likeness (QED) is 0.364. The summed E-state index contributed by atoms with van der Waals surface area (Å²) in [7, 11) is 0. The van der Waals surface area contributed by atoms with Gasteiger partial charge in [-0.25, -0.2) is 4.52 Å². The van der Waals surface area contributed by atoms with Crippen LogP contribution in [0.3, 0.4) is 0 Å². The maximum Gasteiger partial charge on any atom is 0.253 e. The Labute approximate surface area is 201 Å². The van der Waals surface area contributed by atoms with Crippen LogP contribution in [0.1, 0.15) is 39.8 Å². The molecule has 1 aliphatic rings. The van der Waals surface area contributed by atoms with Crippen LogP contribution in [0.25, 0.3) is 22.7 Å². The Bertz CT molecular complexity index is 1390. The van der Waals surface area contributed by atoms with Crippen molar-refractivity contribution in [3.8, 4) is 16.9 Å². The number of ether oxygens (including phenoxy) is 1. The number of hydrogen-bond acceptors (Lipinski definition) is 3. The third-order valence-electron chi connectivity index (χ3n) is 5.86. The van der Waals surface area contributed by atoms with E-state index in [4.69, 9.17) is 33.0 Å². The zero-order valence-corrected chi connectivity index (χ0v) is 19.5. The lowest BCUT2D eigenvalue weighted by Crippen LogP contribution is -2.32. The molecule has 0 fully saturated rings. The van der Waals surface area contributed by atoms with Crippen LogP contribution in [-0.2, 0) is 0 Å². The van der Waals surface area contributed by atoms with Crippen LogP contribution in [-0.4, -0.2) is 22.1 Å². The maximum absolute atomic E-state index is 13.3. The van der Waals surface area contributed by atoms with Crippen molar-refractivity contribution in [2.24, 2.45) is 0 Å². The Balaban J connectivity index is 1.55. The van der Waals surface area contributed by atoms with E-state index in [1.165, 1.54) is 0 Å². The number of hydrogen-bond donors (Lipinski definition) is 1. The molecular weight excluding hydrogens is 457 g/mol. The Morgan fingerprint density at radius 1 is 1.18 bits per heavy atom. The van der Waals surface area contributed by atoms with Gasteiger partial charge in [0.05, 0.1) is 35.1 Å². The number of fused-ring (bicyclic) bond motifs is 2. The van der Waals surface area contributed by atoms with Crippen molar-refractivity contribution in [2.75, 3.05) is 6.61 Å². The van der Waals surface area contributed by atoms with E-state index < -0.39 is 0 Å². The van der Waals surface area contributed by atoms with Crippen molar-refractivity contribution in [1.29, 1.82) is 0 Å². The fourth-order valence-electron chi connectivity index (χ4n) is 4.42. The van der Waals surface area contributed by atoms with Crippen molar-refractivity contribution < 1.29 is 9.53 Å². The van der Waals surface area contributed by atoms with Gasteiger partial charge in [-0.1, -0.05) is 48.0 Å². The number of aromatic nitrogens is 2. The molecule has 5 rings (SSSR count). The molecule has 4 aromatic rings. The summed E-state index contributed by atoms with van der Waals surface area (Å²) < 4.78 is 7.47. The minimum Gasteiger partial charge on any atom is -0.493 e. The van der Waals surface area contributed by atoms with Crippen molar-refractivity contribution in [3.05, 3.63) is 93.7 Å². The molecule has 1 atom stereocenters. The molecule has 0 saturated carbocycles. The Morgan fingerprint density at radius 3 is 2.70 bits per heavy atom. The van der Waals surface area contributed by atoms with Gasteiger partial charge in [0.15, 0.2) is 0 Å². The summed E-state index contributed by atoms with van der Waals surface area (Å²) in [5.41, 5.74) is 5.51. The van der Waals surface area contributed by atoms with Crippen LogP contribution < -0.4 is 10.1 Å². The number of carbonyl (C=O) groups is 1. The average molecular weight is 478 g/mol. The Kier molecular flexibility index (Phi) is 5.60. The molecule has 1 N–H and O–H groups in total. The summed E-state index contributed by atoms with van der Waals surface area (Å²) in [6, 6.07) is 16.8. The molecule has 0 spiro atoms. The van der Waals surface area contributed by atoms with E-state index in [2.05, 4.69) is 11.9 Å². The van der Waals surface area contributed by atoms with Crippen molar-refractivity contribution >= 4 is 40.7 Å². The molecule has 0 unspecified atom stereocenters. The van der Waals surface area contributed by atoms with Gasteiger partial charge in [0.2, 0.25) is 0 Å². The molecule has 0 radical (unpaired) electrons. The van der Waals surface area contributed by atoms with Crippen LogP contribution in [0.5, 0.6) is 5.75 Å². The molecule has 5 nitrogen and oxygen atoms in total. The number of halogens is 2. The highest BCUT2D eigenvalue weighted by Crippen LogP contribution is 2.35. The van der Waals surface area contributed by atoms with Crippen LogP contribution in [0, 0.1) is 6.92 Å². The van der Waals surface area contributed by atoms with Crippen molar-refractivity contribution in [3.63, 3.8) is 0 Å². The predicted molar refractivity (Wildman–Crippen MR) is 132 cm³/mol. The average Bonchev–Trinajstić information content (AvgIpc) is 3.13. The van der Waals surface area contributed by atoms with Crippen LogP contribution in [0.4, 0.5) is 0 Å². The van der Waals surface area contributed by atoms with E-state index in [1.807, 2.05) is 55.5 Å². The zero-order valence-electron chi connectivity index (χ0n) is 17.9. The van der Waals surface area contributed by atoms with Crippen LogP contribution >= 0.6 is 23.2 Å². The van der Waals surface area contributed by atoms with E-state index in [0.717, 1.165) is 33.7 Å². The summed E-state index contributed by atoms with van der Waals surface area (Å²) >= 11 is 12.5. The fraction of sp³-hybridized carbons (Fsp3) is 0.154. The van der Waals surface area contributed by atoms with Gasteiger partial charge in [-0.3, -0.25) is 4.79 Å². The molecule has 3 heterocycles. The molecule has 33 heavy (non-hydrogen) atoms. The monoisotopic (exact) mass is 477 g/mol. The third kappa shape index (κ3) is 3.88. The summed E-state index contributed by atoms with van der Waals surface area (Å²) in [6.45, 7) is 6.42. The summed E-state index contributed by atoms with van der Waals surface area (Å²) in [5.74, 6) is 0.620. The highest BCUT2D eigenvalue weighted by molar-refractivity contribution is 6.35. The van der Waals surface area contributed by atoms with Gasteiger partial charge in [0, 0.05) is 27.6 Å². The van der Waals surface area contributed by atoms with Crippen LogP contribution in [0.15, 0.2) is 61.2 Å². The number of carbonyl (C=O) groups excluding carboxylic acids is 1. The minimum atomic E-state index is -0.186. The Hall–Kier alpha value is -3.28. The lowest BCUT2D eigenvalue weighted by atomic mass is 9.99. The van der Waals surface area contributed by atoms with E-state index in [0.29, 0.717) is 34.3 Å². The minimum absolute atomic E-state index is 0.126. The normalized spacial score (nSPS) is 15.1. The maximum atomic E-state index is 13.3. The molecule has 1 amide bonds. The van der Waals surface area contributed by atoms with Gasteiger partial charge >= 0.3 is 0 Å². The summed E-state index contributed by atoms with van der Waals surface area (Å²) in [6.07, 6.45) is 2.36. The standard InChI is InChI=1S/C26H21Cl2N3O2/c1-3-22-20(26(32)29-21-10-11-33-24-7-5-4-6-19(21)24)8-9-23-25(15(2)30-31(22)23)16-12-17(27)14-18(28)13-16/h3-9,12-14,21H,1,10-11H2,2H3,(H,29,32)/t21-/m0/s1. The number of pyridine rings is 1. The number of nitrogens with one attached hydrogen (secondary N) is 1. The van der Waals surface area contributed by atoms with E-state index >= 15 is 0 Å². The number of amides is 1. The molecule has 0 bridgehead atoms. The molecular formula is C26H21Cl2N3O2. The first-order chi connectivity index (χ1) is 16.0. The smallest absolute Gasteiger partial charge is 0.253 e. The van der Waals surface area contributed by atoms with Gasteiger partial charge in [0.1, 0.15) is 5.75 Å². The van der Waals surface area contributed by atoms with Crippen molar-refractivity contribution in [1.82, 2.24) is 14.9 Å². The van der Waals surface area contributed by atoms with E-state index in [9.17, 15) is 4.79 Å². The highest BCUT2D eigenvalue weighted by atomic mass is 35.5. The van der Waals surface area contributed by atoms with Gasteiger partial charge in [-0.2, -0.15) is 5.10 Å². The van der Waals surface area contributed by atoms with E-state index in [1.54, 1.807) is 16.7 Å². The van der Waals surface area contributed by atoms with Gasteiger partial charge < -0.3 is 10.1 Å². The first-order valence-corrected chi connectivity index (χ1v) is 11.4. The molecule has 0 saturated heterocycles. The summed E-state index contributed by atoms with van der Waals surface area (Å²) in [4.78, 5) is 13.3. The molecule has 2 aromatic carbocycles. The van der Waals surface area contributed by atoms with Gasteiger partial charge in [0.25, 0.3) is 5.91 Å². The highest BCUT2D eigenvalue weighted by Gasteiger charge is 2.25. The van der Waals surface area contributed by atoms with Crippen molar-refractivity contribution in [2.45, 2.75) is 19.4 Å². The molecule has 1 aliphatic heterocycles.